The summed E-state index contributed by atoms with van der Waals surface area (Å²) >= 11 is 0. The van der Waals surface area contributed by atoms with Crippen LogP contribution in [-0.4, -0.2) is 61.7 Å². The van der Waals surface area contributed by atoms with Gasteiger partial charge in [0.15, 0.2) is 5.96 Å². The zero-order chi connectivity index (χ0) is 19.5. The maximum atomic E-state index is 4.67. The van der Waals surface area contributed by atoms with E-state index in [0.717, 1.165) is 51.0 Å². The normalized spacial score (nSPS) is 16.4. The maximum Gasteiger partial charge on any atom is 0.191 e. The van der Waals surface area contributed by atoms with Crippen molar-refractivity contribution in [3.8, 4) is 0 Å². The fourth-order valence-electron chi connectivity index (χ4n) is 3.39. The summed E-state index contributed by atoms with van der Waals surface area (Å²) in [5.74, 6) is 1.94. The van der Waals surface area contributed by atoms with Gasteiger partial charge in [0.2, 0.25) is 0 Å². The minimum Gasteiger partial charge on any atom is -0.354 e. The first-order chi connectivity index (χ1) is 13.2. The van der Waals surface area contributed by atoms with E-state index in [-0.39, 0.29) is 24.0 Å². The number of hydrogen-bond donors (Lipinski definition) is 2. The molecule has 1 aromatic rings. The van der Waals surface area contributed by atoms with E-state index in [1.165, 1.54) is 31.2 Å². The van der Waals surface area contributed by atoms with Gasteiger partial charge in [0.25, 0.3) is 0 Å². The van der Waals surface area contributed by atoms with Gasteiger partial charge in [-0.05, 0) is 31.5 Å². The summed E-state index contributed by atoms with van der Waals surface area (Å²) in [6, 6.07) is 4.74. The molecule has 1 aliphatic heterocycles. The lowest BCUT2D eigenvalue weighted by molar-refractivity contribution is 0.270. The minimum absolute atomic E-state index is 0. The highest BCUT2D eigenvalue weighted by Crippen LogP contribution is 2.14. The van der Waals surface area contributed by atoms with Crippen LogP contribution in [0.2, 0.25) is 0 Å². The van der Waals surface area contributed by atoms with Crippen molar-refractivity contribution in [1.82, 2.24) is 20.5 Å². The molecule has 6 nitrogen and oxygen atoms in total. The quantitative estimate of drug-likeness (QED) is 0.235. The molecule has 0 aliphatic carbocycles. The van der Waals surface area contributed by atoms with Gasteiger partial charge >= 0.3 is 0 Å². The molecule has 0 aromatic carbocycles. The molecular formula is C21H39IN6. The van der Waals surface area contributed by atoms with Crippen LogP contribution in [0.15, 0.2) is 23.3 Å². The van der Waals surface area contributed by atoms with Crippen molar-refractivity contribution in [3.05, 3.63) is 23.9 Å². The van der Waals surface area contributed by atoms with Gasteiger partial charge < -0.3 is 20.4 Å². The lowest BCUT2D eigenvalue weighted by Crippen LogP contribution is -2.46. The molecule has 0 saturated carbocycles. The number of nitrogens with one attached hydrogen (secondary N) is 2. The maximum absolute atomic E-state index is 4.67. The summed E-state index contributed by atoms with van der Waals surface area (Å²) in [7, 11) is 1.82. The zero-order valence-electron chi connectivity index (χ0n) is 18.1. The van der Waals surface area contributed by atoms with Crippen LogP contribution >= 0.6 is 24.0 Å². The molecule has 1 fully saturated rings. The fourth-order valence-corrected chi connectivity index (χ4v) is 3.39. The van der Waals surface area contributed by atoms with Gasteiger partial charge in [-0.25, -0.2) is 4.98 Å². The molecule has 0 amide bonds. The molecule has 28 heavy (non-hydrogen) atoms. The van der Waals surface area contributed by atoms with Crippen LogP contribution in [0.3, 0.4) is 0 Å². The smallest absolute Gasteiger partial charge is 0.191 e. The second-order valence-corrected chi connectivity index (χ2v) is 7.41. The predicted molar refractivity (Wildman–Crippen MR) is 131 cm³/mol. The van der Waals surface area contributed by atoms with Crippen molar-refractivity contribution in [2.24, 2.45) is 4.99 Å². The summed E-state index contributed by atoms with van der Waals surface area (Å²) < 4.78 is 0. The summed E-state index contributed by atoms with van der Waals surface area (Å²) in [6.45, 7) is 12.9. The Morgan fingerprint density at radius 2 is 1.93 bits per heavy atom. The van der Waals surface area contributed by atoms with Crippen molar-refractivity contribution in [1.29, 1.82) is 0 Å². The standard InChI is InChI=1S/C21H38N6.HI/c1-5-7-8-9-18(3)25-21(22-4)24-17-19-10-11-20(23-16-19)27-14-12-26(6-2)13-15-27;/h10-11,16,18H,5-9,12-15,17H2,1-4H3,(H2,22,24,25);1H. The van der Waals surface area contributed by atoms with Crippen molar-refractivity contribution >= 4 is 35.8 Å². The first-order valence-electron chi connectivity index (χ1n) is 10.6. The summed E-state index contributed by atoms with van der Waals surface area (Å²) in [4.78, 5) is 13.9. The number of hydrogen-bond acceptors (Lipinski definition) is 4. The lowest BCUT2D eigenvalue weighted by atomic mass is 10.1. The summed E-state index contributed by atoms with van der Waals surface area (Å²) in [6.07, 6.45) is 6.97. The first kappa shape index (κ1) is 24.9. The molecule has 1 aromatic heterocycles. The topological polar surface area (TPSA) is 55.8 Å². The number of rotatable bonds is 9. The Bertz CT molecular complexity index is 555. The predicted octanol–water partition coefficient (Wildman–Crippen LogP) is 3.48. The number of guanidine groups is 1. The number of likely N-dealkylation sites (N-methyl/N-ethyl adjacent to an activating group) is 1. The molecule has 0 radical (unpaired) electrons. The largest absolute Gasteiger partial charge is 0.354 e. The zero-order valence-corrected chi connectivity index (χ0v) is 20.4. The molecule has 1 saturated heterocycles. The Kier molecular flexibility index (Phi) is 12.5. The molecule has 1 atom stereocenters. The number of aliphatic imine (C=N–C) groups is 1. The monoisotopic (exact) mass is 502 g/mol. The Labute approximate surface area is 188 Å². The van der Waals surface area contributed by atoms with Gasteiger partial charge in [0.05, 0.1) is 0 Å². The molecule has 160 valence electrons. The van der Waals surface area contributed by atoms with Crippen molar-refractivity contribution in [2.75, 3.05) is 44.7 Å². The van der Waals surface area contributed by atoms with Crippen LogP contribution in [0.25, 0.3) is 0 Å². The first-order valence-corrected chi connectivity index (χ1v) is 10.6. The Balaban J connectivity index is 0.00000392. The summed E-state index contributed by atoms with van der Waals surface area (Å²) in [5, 5.41) is 6.87. The van der Waals surface area contributed by atoms with Crippen LogP contribution in [-0.2, 0) is 6.54 Å². The van der Waals surface area contributed by atoms with E-state index < -0.39 is 0 Å². The number of piperazine rings is 1. The van der Waals surface area contributed by atoms with E-state index in [1.807, 2.05) is 13.2 Å². The van der Waals surface area contributed by atoms with E-state index in [9.17, 15) is 0 Å². The number of halogens is 1. The van der Waals surface area contributed by atoms with Gasteiger partial charge in [-0.3, -0.25) is 4.99 Å². The molecular weight excluding hydrogens is 463 g/mol. The average Bonchev–Trinajstić information content (AvgIpc) is 2.71. The number of nitrogens with zero attached hydrogens (tertiary/aromatic N) is 4. The Hall–Kier alpha value is -1.09. The highest BCUT2D eigenvalue weighted by Gasteiger charge is 2.16. The Morgan fingerprint density at radius 3 is 2.50 bits per heavy atom. The second-order valence-electron chi connectivity index (χ2n) is 7.41. The number of aromatic nitrogens is 1. The van der Waals surface area contributed by atoms with E-state index in [2.05, 4.69) is 63.3 Å². The van der Waals surface area contributed by atoms with Crippen LogP contribution in [0.4, 0.5) is 5.82 Å². The summed E-state index contributed by atoms with van der Waals surface area (Å²) in [5.41, 5.74) is 1.17. The van der Waals surface area contributed by atoms with Crippen molar-refractivity contribution in [2.45, 2.75) is 59.0 Å². The number of unbranched alkanes of at least 4 members (excludes halogenated alkanes) is 2. The third-order valence-corrected chi connectivity index (χ3v) is 5.26. The van der Waals surface area contributed by atoms with E-state index >= 15 is 0 Å². The highest BCUT2D eigenvalue weighted by molar-refractivity contribution is 14.0. The molecule has 2 rings (SSSR count). The van der Waals surface area contributed by atoms with Gasteiger partial charge in [-0.1, -0.05) is 39.2 Å². The van der Waals surface area contributed by atoms with E-state index in [4.69, 9.17) is 0 Å². The average molecular weight is 502 g/mol. The van der Waals surface area contributed by atoms with Crippen molar-refractivity contribution in [3.63, 3.8) is 0 Å². The number of pyridine rings is 1. The fraction of sp³-hybridized carbons (Fsp3) is 0.714. The second kappa shape index (κ2) is 14.0. The SMILES string of the molecule is CCCCCC(C)NC(=NC)NCc1ccc(N2CCN(CC)CC2)nc1.I. The van der Waals surface area contributed by atoms with Crippen LogP contribution in [0.5, 0.6) is 0 Å². The molecule has 1 unspecified atom stereocenters. The van der Waals surface area contributed by atoms with Gasteiger partial charge in [-0.15, -0.1) is 24.0 Å². The van der Waals surface area contributed by atoms with E-state index in [0.29, 0.717) is 6.04 Å². The molecule has 0 bridgehead atoms. The Morgan fingerprint density at radius 1 is 1.18 bits per heavy atom. The molecule has 7 heteroatoms. The highest BCUT2D eigenvalue weighted by atomic mass is 127. The minimum atomic E-state index is 0. The number of anilines is 1. The van der Waals surface area contributed by atoms with Crippen LogP contribution < -0.4 is 15.5 Å². The molecule has 1 aliphatic rings. The molecule has 0 spiro atoms. The molecule has 2 N–H and O–H groups in total. The van der Waals surface area contributed by atoms with Gasteiger partial charge in [0, 0.05) is 52.0 Å². The van der Waals surface area contributed by atoms with Crippen LogP contribution in [0.1, 0.15) is 52.0 Å². The van der Waals surface area contributed by atoms with Gasteiger partial charge in [-0.2, -0.15) is 0 Å². The van der Waals surface area contributed by atoms with Crippen molar-refractivity contribution < 1.29 is 0 Å². The van der Waals surface area contributed by atoms with E-state index in [1.54, 1.807) is 0 Å². The third-order valence-electron chi connectivity index (χ3n) is 5.26. The lowest BCUT2D eigenvalue weighted by Gasteiger charge is -2.34. The van der Waals surface area contributed by atoms with Crippen LogP contribution in [0, 0.1) is 0 Å². The van der Waals surface area contributed by atoms with Gasteiger partial charge in [0.1, 0.15) is 5.82 Å². The third kappa shape index (κ3) is 8.51. The molecule has 2 heterocycles.